The van der Waals surface area contributed by atoms with Gasteiger partial charge in [0.1, 0.15) is 5.75 Å². The highest BCUT2D eigenvalue weighted by atomic mass is 35.5. The summed E-state index contributed by atoms with van der Waals surface area (Å²) in [4.78, 5) is 14.0. The molecule has 0 aromatic heterocycles. The number of hydrogen-bond donors (Lipinski definition) is 1. The van der Waals surface area contributed by atoms with E-state index in [9.17, 15) is 4.79 Å². The summed E-state index contributed by atoms with van der Waals surface area (Å²) in [5, 5.41) is 3.34. The van der Waals surface area contributed by atoms with E-state index < -0.39 is 0 Å². The Hall–Kier alpha value is -1.26. The van der Waals surface area contributed by atoms with Crippen LogP contribution in [0.25, 0.3) is 0 Å². The number of carbonyl (C=O) groups is 1. The van der Waals surface area contributed by atoms with Crippen LogP contribution in [0.2, 0.25) is 0 Å². The van der Waals surface area contributed by atoms with Crippen LogP contribution < -0.4 is 10.1 Å². The maximum Gasteiger partial charge on any atom is 0.226 e. The maximum absolute atomic E-state index is 12.1. The fourth-order valence-corrected chi connectivity index (χ4v) is 2.52. The SMILES string of the molecule is CC1CN(C(=O)CCOc2ccc(C(C)C)cc2)CCN1.Cl. The van der Waals surface area contributed by atoms with Crippen molar-refractivity contribution in [2.45, 2.75) is 39.2 Å². The summed E-state index contributed by atoms with van der Waals surface area (Å²) in [6, 6.07) is 8.51. The molecule has 0 spiro atoms. The molecule has 1 atom stereocenters. The van der Waals surface area contributed by atoms with E-state index in [-0.39, 0.29) is 18.3 Å². The fraction of sp³-hybridized carbons (Fsp3) is 0.588. The summed E-state index contributed by atoms with van der Waals surface area (Å²) in [5.41, 5.74) is 1.30. The van der Waals surface area contributed by atoms with Crippen molar-refractivity contribution >= 4 is 18.3 Å². The van der Waals surface area contributed by atoms with Gasteiger partial charge in [0.05, 0.1) is 13.0 Å². The van der Waals surface area contributed by atoms with Crippen LogP contribution in [-0.2, 0) is 4.79 Å². The number of carbonyl (C=O) groups excluding carboxylic acids is 1. The summed E-state index contributed by atoms with van der Waals surface area (Å²) in [6.07, 6.45) is 0.443. The molecule has 1 saturated heterocycles. The van der Waals surface area contributed by atoms with Gasteiger partial charge in [-0.15, -0.1) is 12.4 Å². The van der Waals surface area contributed by atoms with Crippen molar-refractivity contribution in [3.8, 4) is 5.75 Å². The average molecular weight is 327 g/mol. The largest absolute Gasteiger partial charge is 0.493 e. The number of amides is 1. The van der Waals surface area contributed by atoms with Crippen molar-refractivity contribution in [3.63, 3.8) is 0 Å². The molecular weight excluding hydrogens is 300 g/mol. The molecule has 124 valence electrons. The lowest BCUT2D eigenvalue weighted by molar-refractivity contribution is -0.132. The van der Waals surface area contributed by atoms with Gasteiger partial charge >= 0.3 is 0 Å². The third-order valence-electron chi connectivity index (χ3n) is 3.85. The second-order valence-corrected chi connectivity index (χ2v) is 6.02. The molecular formula is C17H27ClN2O2. The molecule has 0 bridgehead atoms. The van der Waals surface area contributed by atoms with Gasteiger partial charge in [0.25, 0.3) is 0 Å². The average Bonchev–Trinajstić information content (AvgIpc) is 2.47. The minimum Gasteiger partial charge on any atom is -0.493 e. The van der Waals surface area contributed by atoms with E-state index >= 15 is 0 Å². The minimum absolute atomic E-state index is 0. The van der Waals surface area contributed by atoms with Gasteiger partial charge in [-0.1, -0.05) is 26.0 Å². The van der Waals surface area contributed by atoms with Gasteiger partial charge < -0.3 is 15.0 Å². The smallest absolute Gasteiger partial charge is 0.226 e. The first-order valence-corrected chi connectivity index (χ1v) is 7.80. The Morgan fingerprint density at radius 3 is 2.64 bits per heavy atom. The van der Waals surface area contributed by atoms with Crippen LogP contribution in [0.15, 0.2) is 24.3 Å². The molecule has 4 nitrogen and oxygen atoms in total. The van der Waals surface area contributed by atoms with Crippen LogP contribution >= 0.6 is 12.4 Å². The van der Waals surface area contributed by atoms with Crippen molar-refractivity contribution < 1.29 is 9.53 Å². The Bertz CT molecular complexity index is 462. The Kier molecular flexibility index (Phi) is 7.69. The number of hydrogen-bond acceptors (Lipinski definition) is 3. The molecule has 1 amide bonds. The van der Waals surface area contributed by atoms with Gasteiger partial charge in [0.15, 0.2) is 0 Å². The molecule has 0 aliphatic carbocycles. The van der Waals surface area contributed by atoms with Gasteiger partial charge in [-0.05, 0) is 30.5 Å². The predicted octanol–water partition coefficient (Wildman–Crippen LogP) is 2.82. The zero-order valence-corrected chi connectivity index (χ0v) is 14.5. The quantitative estimate of drug-likeness (QED) is 0.904. The van der Waals surface area contributed by atoms with Crippen LogP contribution in [0, 0.1) is 0 Å². The lowest BCUT2D eigenvalue weighted by Gasteiger charge is -2.31. The molecule has 22 heavy (non-hydrogen) atoms. The Morgan fingerprint density at radius 2 is 2.05 bits per heavy atom. The number of piperazine rings is 1. The molecule has 1 aliphatic rings. The Morgan fingerprint density at radius 1 is 1.36 bits per heavy atom. The molecule has 0 radical (unpaired) electrons. The van der Waals surface area contributed by atoms with Crippen molar-refractivity contribution in [2.75, 3.05) is 26.2 Å². The molecule has 1 heterocycles. The van der Waals surface area contributed by atoms with Crippen LogP contribution in [0.4, 0.5) is 0 Å². The molecule has 0 saturated carbocycles. The summed E-state index contributed by atoms with van der Waals surface area (Å²) >= 11 is 0. The van der Waals surface area contributed by atoms with Crippen LogP contribution in [0.3, 0.4) is 0 Å². The van der Waals surface area contributed by atoms with Gasteiger partial charge in [-0.25, -0.2) is 0 Å². The summed E-state index contributed by atoms with van der Waals surface area (Å²) in [6.45, 7) is 9.36. The van der Waals surface area contributed by atoms with E-state index in [0.717, 1.165) is 25.4 Å². The van der Waals surface area contributed by atoms with Gasteiger partial charge in [-0.2, -0.15) is 0 Å². The van der Waals surface area contributed by atoms with Gasteiger partial charge in [0, 0.05) is 25.7 Å². The zero-order valence-electron chi connectivity index (χ0n) is 13.7. The monoisotopic (exact) mass is 326 g/mol. The fourth-order valence-electron chi connectivity index (χ4n) is 2.52. The topological polar surface area (TPSA) is 41.6 Å². The normalized spacial score (nSPS) is 18.0. The van der Waals surface area contributed by atoms with E-state index in [2.05, 4.69) is 38.2 Å². The Labute approximate surface area is 139 Å². The lowest BCUT2D eigenvalue weighted by Crippen LogP contribution is -2.51. The van der Waals surface area contributed by atoms with Crippen LogP contribution in [-0.4, -0.2) is 43.1 Å². The number of nitrogens with zero attached hydrogens (tertiary/aromatic N) is 1. The highest BCUT2D eigenvalue weighted by molar-refractivity contribution is 5.85. The molecule has 5 heteroatoms. The molecule has 1 aromatic rings. The molecule has 1 fully saturated rings. The van der Waals surface area contributed by atoms with E-state index in [0.29, 0.717) is 25.0 Å². The van der Waals surface area contributed by atoms with Crippen LogP contribution in [0.5, 0.6) is 5.75 Å². The number of rotatable bonds is 5. The molecule has 1 aromatic carbocycles. The number of benzene rings is 1. The van der Waals surface area contributed by atoms with Crippen molar-refractivity contribution in [1.29, 1.82) is 0 Å². The number of halogens is 1. The first-order chi connectivity index (χ1) is 10.1. The highest BCUT2D eigenvalue weighted by Crippen LogP contribution is 2.18. The van der Waals surface area contributed by atoms with E-state index in [1.54, 1.807) is 0 Å². The summed E-state index contributed by atoms with van der Waals surface area (Å²) in [7, 11) is 0. The maximum atomic E-state index is 12.1. The zero-order chi connectivity index (χ0) is 15.2. The number of ether oxygens (including phenoxy) is 1. The molecule has 1 aliphatic heterocycles. The van der Waals surface area contributed by atoms with Gasteiger partial charge in [0.2, 0.25) is 5.91 Å². The van der Waals surface area contributed by atoms with Crippen molar-refractivity contribution in [3.05, 3.63) is 29.8 Å². The lowest BCUT2D eigenvalue weighted by atomic mass is 10.0. The third-order valence-corrected chi connectivity index (χ3v) is 3.85. The van der Waals surface area contributed by atoms with E-state index in [4.69, 9.17) is 4.74 Å². The molecule has 1 N–H and O–H groups in total. The highest BCUT2D eigenvalue weighted by Gasteiger charge is 2.19. The first kappa shape index (κ1) is 18.8. The van der Waals surface area contributed by atoms with E-state index in [1.165, 1.54) is 5.56 Å². The molecule has 1 unspecified atom stereocenters. The minimum atomic E-state index is 0. The third kappa shape index (κ3) is 5.50. The second kappa shape index (κ2) is 9.01. The van der Waals surface area contributed by atoms with Crippen molar-refractivity contribution in [2.24, 2.45) is 0 Å². The van der Waals surface area contributed by atoms with Crippen molar-refractivity contribution in [1.82, 2.24) is 10.2 Å². The van der Waals surface area contributed by atoms with E-state index in [1.807, 2.05) is 17.0 Å². The van der Waals surface area contributed by atoms with Gasteiger partial charge in [-0.3, -0.25) is 4.79 Å². The first-order valence-electron chi connectivity index (χ1n) is 7.80. The summed E-state index contributed by atoms with van der Waals surface area (Å²) in [5.74, 6) is 1.54. The standard InChI is InChI=1S/C17H26N2O2.ClH/c1-13(2)15-4-6-16(7-5-15)21-11-8-17(20)19-10-9-18-14(3)12-19;/h4-7,13-14,18H,8-12H2,1-3H3;1H. The Balaban J connectivity index is 0.00000242. The summed E-state index contributed by atoms with van der Waals surface area (Å²) < 4.78 is 5.67. The number of nitrogens with one attached hydrogen (secondary N) is 1. The predicted molar refractivity (Wildman–Crippen MR) is 91.9 cm³/mol. The molecule has 2 rings (SSSR count). The second-order valence-electron chi connectivity index (χ2n) is 6.02. The van der Waals surface area contributed by atoms with Crippen LogP contribution in [0.1, 0.15) is 38.7 Å².